The summed E-state index contributed by atoms with van der Waals surface area (Å²) >= 11 is 0. The number of phenolic OH excluding ortho intramolecular Hbond substituents is 1. The Bertz CT molecular complexity index is 939. The summed E-state index contributed by atoms with van der Waals surface area (Å²) in [6.45, 7) is 3.46. The van der Waals surface area contributed by atoms with Gasteiger partial charge in [-0.05, 0) is 30.5 Å². The van der Waals surface area contributed by atoms with Crippen molar-refractivity contribution in [3.05, 3.63) is 65.7 Å². The van der Waals surface area contributed by atoms with E-state index in [9.17, 15) is 19.5 Å². The van der Waals surface area contributed by atoms with Crippen LogP contribution in [-0.2, 0) is 9.59 Å². The Morgan fingerprint density at radius 1 is 0.941 bits per heavy atom. The lowest BCUT2D eigenvalue weighted by atomic mass is 9.94. The molecule has 1 aliphatic carbocycles. The van der Waals surface area contributed by atoms with Crippen LogP contribution in [0.25, 0.3) is 0 Å². The van der Waals surface area contributed by atoms with Gasteiger partial charge in [-0.2, -0.15) is 0 Å². The highest BCUT2D eigenvalue weighted by molar-refractivity contribution is 5.96. The monoisotopic (exact) mass is 466 g/mol. The number of rotatable bonds is 6. The number of piperazine rings is 1. The summed E-state index contributed by atoms with van der Waals surface area (Å²) in [5.41, 5.74) is 6.20. The van der Waals surface area contributed by atoms with E-state index >= 15 is 0 Å². The van der Waals surface area contributed by atoms with Crippen LogP contribution in [0.2, 0.25) is 0 Å². The van der Waals surface area contributed by atoms with Gasteiger partial charge >= 0.3 is 0 Å². The average Bonchev–Trinajstić information content (AvgIpc) is 2.88. The van der Waals surface area contributed by atoms with E-state index in [0.29, 0.717) is 17.5 Å². The lowest BCUT2D eigenvalue weighted by molar-refractivity contribution is -0.122. The number of phenols is 1. The Kier molecular flexibility index (Phi) is 9.46. The maximum atomic E-state index is 12.5. The minimum Gasteiger partial charge on any atom is -0.507 e. The van der Waals surface area contributed by atoms with Gasteiger partial charge in [0, 0.05) is 32.2 Å². The minimum absolute atomic E-state index is 0.0450. The highest BCUT2D eigenvalue weighted by Gasteiger charge is 2.28. The first-order valence-corrected chi connectivity index (χ1v) is 11.9. The van der Waals surface area contributed by atoms with Crippen LogP contribution in [0.5, 0.6) is 5.75 Å². The first-order chi connectivity index (χ1) is 16.5. The summed E-state index contributed by atoms with van der Waals surface area (Å²) in [5, 5.41) is 12.2. The molecule has 34 heavy (non-hydrogen) atoms. The first-order valence-electron chi connectivity index (χ1n) is 11.9. The highest BCUT2D eigenvalue weighted by Crippen LogP contribution is 2.24. The number of amides is 3. The molecule has 1 saturated carbocycles. The van der Waals surface area contributed by atoms with Gasteiger partial charge in [0.15, 0.2) is 0 Å². The van der Waals surface area contributed by atoms with Crippen molar-refractivity contribution < 1.29 is 19.5 Å². The third-order valence-corrected chi connectivity index (χ3v) is 6.48. The quantitative estimate of drug-likeness (QED) is 0.566. The van der Waals surface area contributed by atoms with Crippen LogP contribution < -0.4 is 11.1 Å². The molecule has 3 amide bonds. The Morgan fingerprint density at radius 3 is 2.15 bits per heavy atom. The number of hydrogen-bond donors (Lipinski definition) is 3. The average molecular weight is 467 g/mol. The summed E-state index contributed by atoms with van der Waals surface area (Å²) in [4.78, 5) is 37.9. The summed E-state index contributed by atoms with van der Waals surface area (Å²) in [5.74, 6) is -0.535. The summed E-state index contributed by atoms with van der Waals surface area (Å²) in [7, 11) is 0. The third kappa shape index (κ3) is 6.81. The van der Waals surface area contributed by atoms with Crippen molar-refractivity contribution in [1.82, 2.24) is 15.1 Å². The van der Waals surface area contributed by atoms with Crippen molar-refractivity contribution in [1.29, 1.82) is 0 Å². The molecule has 1 unspecified atom stereocenters. The molecule has 182 valence electrons. The van der Waals surface area contributed by atoms with E-state index in [1.165, 1.54) is 32.1 Å². The molecule has 8 heteroatoms. The fourth-order valence-electron chi connectivity index (χ4n) is 4.62. The zero-order valence-corrected chi connectivity index (χ0v) is 19.4. The van der Waals surface area contributed by atoms with E-state index in [-0.39, 0.29) is 11.7 Å². The van der Waals surface area contributed by atoms with E-state index in [2.05, 4.69) is 10.2 Å². The van der Waals surface area contributed by atoms with Gasteiger partial charge in [0.2, 0.25) is 12.3 Å². The van der Waals surface area contributed by atoms with Crippen LogP contribution in [-0.4, -0.2) is 65.4 Å². The van der Waals surface area contributed by atoms with Crippen molar-refractivity contribution in [2.75, 3.05) is 26.2 Å². The number of carbonyl (C=O) groups is 3. The Morgan fingerprint density at radius 2 is 1.56 bits per heavy atom. The second-order valence-electron chi connectivity index (χ2n) is 8.67. The predicted molar refractivity (Wildman–Crippen MR) is 130 cm³/mol. The summed E-state index contributed by atoms with van der Waals surface area (Å²) < 4.78 is 0. The molecule has 2 aromatic carbocycles. The molecule has 8 nitrogen and oxygen atoms in total. The molecule has 0 radical (unpaired) electrons. The molecule has 2 fully saturated rings. The highest BCUT2D eigenvalue weighted by atomic mass is 16.3. The fourth-order valence-corrected chi connectivity index (χ4v) is 4.62. The predicted octanol–water partition coefficient (Wildman–Crippen LogP) is 2.44. The number of benzene rings is 2. The molecule has 4 N–H and O–H groups in total. The molecule has 2 aromatic rings. The number of para-hydroxylation sites is 1. The Labute approximate surface area is 200 Å². The number of hydrogen-bond acceptors (Lipinski definition) is 5. The molecular weight excluding hydrogens is 432 g/mol. The van der Waals surface area contributed by atoms with Crippen molar-refractivity contribution in [3.8, 4) is 5.75 Å². The molecular formula is C26H34N4O4. The van der Waals surface area contributed by atoms with Crippen LogP contribution in [0.3, 0.4) is 0 Å². The van der Waals surface area contributed by atoms with Crippen LogP contribution in [0.15, 0.2) is 54.6 Å². The second kappa shape index (κ2) is 12.7. The SMILES string of the molecule is NC(=O)C(NC=O)c1ccccc1.O=C(c1ccccc1O)N1CCN(C2CCCCC2)CC1. The number of primary amides is 1. The van der Waals surface area contributed by atoms with E-state index < -0.39 is 11.9 Å². The van der Waals surface area contributed by atoms with Crippen LogP contribution in [0.4, 0.5) is 0 Å². The molecule has 2 aliphatic rings. The number of nitrogens with two attached hydrogens (primary N) is 1. The Balaban J connectivity index is 0.000000215. The maximum absolute atomic E-state index is 12.5. The van der Waals surface area contributed by atoms with Gasteiger partial charge in [0.25, 0.3) is 5.91 Å². The van der Waals surface area contributed by atoms with Crippen molar-refractivity contribution in [2.24, 2.45) is 5.73 Å². The lowest BCUT2D eigenvalue weighted by Gasteiger charge is -2.40. The molecule has 1 aliphatic heterocycles. The third-order valence-electron chi connectivity index (χ3n) is 6.48. The lowest BCUT2D eigenvalue weighted by Crippen LogP contribution is -2.52. The van der Waals surface area contributed by atoms with Gasteiger partial charge < -0.3 is 21.1 Å². The molecule has 1 atom stereocenters. The smallest absolute Gasteiger partial charge is 0.257 e. The normalized spacial score (nSPS) is 17.7. The number of nitrogens with one attached hydrogen (secondary N) is 1. The van der Waals surface area contributed by atoms with Gasteiger partial charge in [-0.1, -0.05) is 61.7 Å². The van der Waals surface area contributed by atoms with Gasteiger partial charge in [-0.3, -0.25) is 19.3 Å². The van der Waals surface area contributed by atoms with Crippen molar-refractivity contribution in [2.45, 2.75) is 44.2 Å². The molecule has 0 bridgehead atoms. The number of nitrogens with zero attached hydrogens (tertiary/aromatic N) is 2. The molecule has 1 saturated heterocycles. The number of aromatic hydroxyl groups is 1. The van der Waals surface area contributed by atoms with Gasteiger partial charge in [0.05, 0.1) is 5.56 Å². The van der Waals surface area contributed by atoms with Gasteiger partial charge in [-0.15, -0.1) is 0 Å². The van der Waals surface area contributed by atoms with Crippen LogP contribution in [0, 0.1) is 0 Å². The van der Waals surface area contributed by atoms with E-state index in [4.69, 9.17) is 5.73 Å². The molecule has 1 heterocycles. The molecule has 0 aromatic heterocycles. The van der Waals surface area contributed by atoms with Crippen molar-refractivity contribution in [3.63, 3.8) is 0 Å². The topological polar surface area (TPSA) is 116 Å². The molecule has 0 spiro atoms. The second-order valence-corrected chi connectivity index (χ2v) is 8.67. The summed E-state index contributed by atoms with van der Waals surface area (Å²) in [6, 6.07) is 15.6. The van der Waals surface area contributed by atoms with Crippen molar-refractivity contribution >= 4 is 18.2 Å². The summed E-state index contributed by atoms with van der Waals surface area (Å²) in [6.07, 6.45) is 7.16. The standard InChI is InChI=1S/C17H24N2O2.C9H10N2O2/c20-16-9-5-4-8-15(16)17(21)19-12-10-18(11-13-19)14-6-2-1-3-7-14;10-9(13)8(11-6-12)7-4-2-1-3-5-7/h4-5,8-9,14,20H,1-3,6-7,10-13H2;1-6,8H,(H2,10,13)(H,11,12). The Hall–Kier alpha value is -3.39. The van der Waals surface area contributed by atoms with E-state index in [1.54, 1.807) is 48.5 Å². The zero-order chi connectivity index (χ0) is 24.3. The minimum atomic E-state index is -0.737. The van der Waals surface area contributed by atoms with E-state index in [1.807, 2.05) is 11.0 Å². The zero-order valence-electron chi connectivity index (χ0n) is 19.4. The number of carbonyl (C=O) groups excluding carboxylic acids is 3. The largest absolute Gasteiger partial charge is 0.507 e. The maximum Gasteiger partial charge on any atom is 0.257 e. The first kappa shape index (κ1) is 25.2. The van der Waals surface area contributed by atoms with Crippen LogP contribution >= 0.6 is 0 Å². The van der Waals surface area contributed by atoms with Crippen LogP contribution in [0.1, 0.15) is 54.1 Å². The van der Waals surface area contributed by atoms with Gasteiger partial charge in [0.1, 0.15) is 11.8 Å². The fraction of sp³-hybridized carbons (Fsp3) is 0.423. The van der Waals surface area contributed by atoms with Gasteiger partial charge in [-0.25, -0.2) is 0 Å². The molecule has 4 rings (SSSR count). The van der Waals surface area contributed by atoms with E-state index in [0.717, 1.165) is 32.2 Å².